The van der Waals surface area contributed by atoms with Crippen molar-refractivity contribution < 1.29 is 4.79 Å². The van der Waals surface area contributed by atoms with Crippen molar-refractivity contribution in [3.63, 3.8) is 0 Å². The first-order chi connectivity index (χ1) is 11.5. The van der Waals surface area contributed by atoms with E-state index in [1.165, 1.54) is 5.56 Å². The lowest BCUT2D eigenvalue weighted by Crippen LogP contribution is -2.43. The van der Waals surface area contributed by atoms with Crippen LogP contribution in [0.3, 0.4) is 0 Å². The summed E-state index contributed by atoms with van der Waals surface area (Å²) >= 11 is 0. The number of anilines is 1. The maximum atomic E-state index is 12.4. The number of piperidine rings is 1. The molecule has 0 saturated carbocycles. The summed E-state index contributed by atoms with van der Waals surface area (Å²) in [6.45, 7) is 8.91. The van der Waals surface area contributed by atoms with Gasteiger partial charge in [-0.1, -0.05) is 19.9 Å². The van der Waals surface area contributed by atoms with Crippen LogP contribution in [0.4, 0.5) is 5.95 Å². The molecule has 2 heterocycles. The minimum absolute atomic E-state index is 0.0564. The number of nitrogens with zero attached hydrogens (tertiary/aromatic N) is 2. The van der Waals surface area contributed by atoms with Gasteiger partial charge in [0.05, 0.1) is 17.0 Å². The topological polar surface area (TPSA) is 61.0 Å². The number of rotatable bonds is 5. The van der Waals surface area contributed by atoms with E-state index in [1.54, 1.807) is 0 Å². The van der Waals surface area contributed by atoms with Gasteiger partial charge in [-0.25, -0.2) is 4.98 Å². The number of aromatic nitrogens is 2. The highest BCUT2D eigenvalue weighted by atomic mass is 16.1. The second-order valence-corrected chi connectivity index (χ2v) is 7.34. The van der Waals surface area contributed by atoms with Crippen LogP contribution in [0, 0.1) is 18.8 Å². The molecule has 2 N–H and O–H groups in total. The van der Waals surface area contributed by atoms with Crippen LogP contribution in [0.25, 0.3) is 11.0 Å². The lowest BCUT2D eigenvalue weighted by Gasteiger charge is -2.31. The zero-order valence-electron chi connectivity index (χ0n) is 14.9. The first-order valence-corrected chi connectivity index (χ1v) is 9.02. The van der Waals surface area contributed by atoms with Gasteiger partial charge in [-0.3, -0.25) is 4.79 Å². The predicted molar refractivity (Wildman–Crippen MR) is 98.2 cm³/mol. The molecule has 1 aromatic carbocycles. The Morgan fingerprint density at radius 3 is 3.08 bits per heavy atom. The molecule has 1 aliphatic heterocycles. The second-order valence-electron chi connectivity index (χ2n) is 7.34. The lowest BCUT2D eigenvalue weighted by atomic mass is 9.97. The van der Waals surface area contributed by atoms with Gasteiger partial charge in [0.25, 0.3) is 0 Å². The van der Waals surface area contributed by atoms with Crippen LogP contribution in [-0.2, 0) is 4.79 Å². The Labute approximate surface area is 143 Å². The monoisotopic (exact) mass is 328 g/mol. The van der Waals surface area contributed by atoms with Crippen LogP contribution in [0.15, 0.2) is 18.2 Å². The Morgan fingerprint density at radius 1 is 1.46 bits per heavy atom. The van der Waals surface area contributed by atoms with Gasteiger partial charge in [-0.2, -0.15) is 0 Å². The summed E-state index contributed by atoms with van der Waals surface area (Å²) in [6.07, 6.45) is 3.02. The van der Waals surface area contributed by atoms with Gasteiger partial charge >= 0.3 is 0 Å². The summed E-state index contributed by atoms with van der Waals surface area (Å²) in [4.78, 5) is 22.7. The summed E-state index contributed by atoms with van der Waals surface area (Å²) in [7, 11) is 0. The zero-order valence-corrected chi connectivity index (χ0v) is 14.9. The predicted octanol–water partition coefficient (Wildman–Crippen LogP) is 3.25. The van der Waals surface area contributed by atoms with Crippen molar-refractivity contribution in [3.8, 4) is 0 Å². The van der Waals surface area contributed by atoms with Crippen LogP contribution < -0.4 is 10.2 Å². The fraction of sp³-hybridized carbons (Fsp3) is 0.579. The van der Waals surface area contributed by atoms with E-state index in [2.05, 4.69) is 48.1 Å². The number of H-pyrrole nitrogens is 1. The van der Waals surface area contributed by atoms with Crippen molar-refractivity contribution in [2.75, 3.05) is 24.5 Å². The number of aryl methyl sites for hydroxylation is 1. The largest absolute Gasteiger partial charge is 0.356 e. The van der Waals surface area contributed by atoms with E-state index >= 15 is 0 Å². The zero-order chi connectivity index (χ0) is 17.1. The van der Waals surface area contributed by atoms with Crippen LogP contribution in [0.2, 0.25) is 0 Å². The number of aromatic amines is 1. The molecule has 3 rings (SSSR count). The van der Waals surface area contributed by atoms with Crippen molar-refractivity contribution in [2.45, 2.75) is 40.0 Å². The Balaban J connectivity index is 1.64. The van der Waals surface area contributed by atoms with Gasteiger partial charge in [0.2, 0.25) is 11.9 Å². The third-order valence-corrected chi connectivity index (χ3v) is 4.74. The number of carbonyl (C=O) groups is 1. The summed E-state index contributed by atoms with van der Waals surface area (Å²) < 4.78 is 0. The number of amides is 1. The van der Waals surface area contributed by atoms with E-state index in [4.69, 9.17) is 4.98 Å². The molecule has 130 valence electrons. The summed E-state index contributed by atoms with van der Waals surface area (Å²) in [5, 5.41) is 3.09. The third kappa shape index (κ3) is 3.89. The van der Waals surface area contributed by atoms with Crippen molar-refractivity contribution in [3.05, 3.63) is 23.8 Å². The molecular formula is C19H28N4O. The Morgan fingerprint density at radius 2 is 2.29 bits per heavy atom. The highest BCUT2D eigenvalue weighted by molar-refractivity contribution is 5.80. The molecule has 5 heteroatoms. The average Bonchev–Trinajstić information content (AvgIpc) is 2.97. The normalized spacial score (nSPS) is 18.3. The lowest BCUT2D eigenvalue weighted by molar-refractivity contribution is -0.125. The number of carbonyl (C=O) groups excluding carboxylic acids is 1. The molecule has 1 aliphatic rings. The van der Waals surface area contributed by atoms with E-state index < -0.39 is 0 Å². The van der Waals surface area contributed by atoms with Gasteiger partial charge in [0.15, 0.2) is 0 Å². The molecule has 0 aliphatic carbocycles. The molecule has 0 radical (unpaired) electrons. The third-order valence-electron chi connectivity index (χ3n) is 4.74. The summed E-state index contributed by atoms with van der Waals surface area (Å²) in [5.74, 6) is 1.75. The fourth-order valence-corrected chi connectivity index (χ4v) is 3.27. The van der Waals surface area contributed by atoms with Crippen LogP contribution in [0.5, 0.6) is 0 Å². The standard InChI is InChI=1S/C19H28N4O/c1-13(2)8-9-20-18(24)15-5-4-10-23(12-15)19-21-16-7-6-14(3)11-17(16)22-19/h6-7,11,13,15H,4-5,8-10,12H2,1-3H3,(H,20,24)(H,21,22). The highest BCUT2D eigenvalue weighted by Gasteiger charge is 2.27. The quantitative estimate of drug-likeness (QED) is 0.886. The first kappa shape index (κ1) is 16.8. The van der Waals surface area contributed by atoms with E-state index in [0.29, 0.717) is 5.92 Å². The molecule has 1 amide bonds. The Hall–Kier alpha value is -2.04. The Kier molecular flexibility index (Phi) is 5.07. The van der Waals surface area contributed by atoms with Crippen molar-refractivity contribution >= 4 is 22.9 Å². The maximum Gasteiger partial charge on any atom is 0.224 e. The van der Waals surface area contributed by atoms with Gasteiger partial charge in [-0.15, -0.1) is 0 Å². The molecule has 0 bridgehead atoms. The summed E-state index contributed by atoms with van der Waals surface area (Å²) in [5.41, 5.74) is 3.27. The van der Waals surface area contributed by atoms with Crippen LogP contribution in [0.1, 0.15) is 38.7 Å². The highest BCUT2D eigenvalue weighted by Crippen LogP contribution is 2.24. The van der Waals surface area contributed by atoms with Crippen molar-refractivity contribution in [1.29, 1.82) is 0 Å². The van der Waals surface area contributed by atoms with Crippen molar-refractivity contribution in [2.24, 2.45) is 11.8 Å². The molecule has 2 aromatic rings. The number of fused-ring (bicyclic) bond motifs is 1. The first-order valence-electron chi connectivity index (χ1n) is 9.02. The van der Waals surface area contributed by atoms with Gasteiger partial charge in [0, 0.05) is 19.6 Å². The molecular weight excluding hydrogens is 300 g/mol. The number of hydrogen-bond acceptors (Lipinski definition) is 3. The van der Waals surface area contributed by atoms with Gasteiger partial charge < -0.3 is 15.2 Å². The molecule has 5 nitrogen and oxygen atoms in total. The SMILES string of the molecule is Cc1ccc2nc(N3CCCC(C(=O)NCCC(C)C)C3)[nH]c2c1. The van der Waals surface area contributed by atoms with E-state index in [-0.39, 0.29) is 11.8 Å². The smallest absolute Gasteiger partial charge is 0.224 e. The molecule has 24 heavy (non-hydrogen) atoms. The minimum Gasteiger partial charge on any atom is -0.356 e. The molecule has 1 saturated heterocycles. The van der Waals surface area contributed by atoms with E-state index in [0.717, 1.165) is 55.9 Å². The average molecular weight is 328 g/mol. The molecule has 1 fully saturated rings. The molecule has 0 spiro atoms. The molecule has 1 atom stereocenters. The minimum atomic E-state index is 0.0564. The molecule has 1 unspecified atom stereocenters. The maximum absolute atomic E-state index is 12.4. The summed E-state index contributed by atoms with van der Waals surface area (Å²) in [6, 6.07) is 6.24. The number of nitrogens with one attached hydrogen (secondary N) is 2. The molecule has 1 aromatic heterocycles. The van der Waals surface area contributed by atoms with Crippen LogP contribution in [-0.4, -0.2) is 35.5 Å². The van der Waals surface area contributed by atoms with Gasteiger partial charge in [0.1, 0.15) is 0 Å². The van der Waals surface area contributed by atoms with E-state index in [9.17, 15) is 4.79 Å². The van der Waals surface area contributed by atoms with E-state index in [1.807, 2.05) is 6.07 Å². The fourth-order valence-electron chi connectivity index (χ4n) is 3.27. The number of imidazole rings is 1. The second kappa shape index (κ2) is 7.24. The van der Waals surface area contributed by atoms with Gasteiger partial charge in [-0.05, 0) is 49.8 Å². The Bertz CT molecular complexity index is 706. The van der Waals surface area contributed by atoms with Crippen LogP contribution >= 0.6 is 0 Å². The van der Waals surface area contributed by atoms with Crippen molar-refractivity contribution in [1.82, 2.24) is 15.3 Å². The number of benzene rings is 1. The number of hydrogen-bond donors (Lipinski definition) is 2.